The first-order chi connectivity index (χ1) is 11.8. The van der Waals surface area contributed by atoms with Crippen molar-refractivity contribution in [3.63, 3.8) is 0 Å². The van der Waals surface area contributed by atoms with E-state index in [1.54, 1.807) is 42.5 Å². The number of hydrogen-bond donors (Lipinski definition) is 1. The first kappa shape index (κ1) is 19.5. The van der Waals surface area contributed by atoms with E-state index < -0.39 is 28.9 Å². The van der Waals surface area contributed by atoms with Gasteiger partial charge in [0.25, 0.3) is 10.1 Å². The van der Waals surface area contributed by atoms with Crippen molar-refractivity contribution in [1.82, 2.24) is 0 Å². The molecule has 0 amide bonds. The minimum atomic E-state index is -3.80. The molecule has 8 heteroatoms. The summed E-state index contributed by atoms with van der Waals surface area (Å²) < 4.78 is 39.2. The van der Waals surface area contributed by atoms with Gasteiger partial charge in [-0.05, 0) is 17.7 Å². The predicted molar refractivity (Wildman–Crippen MR) is 94.6 cm³/mol. The van der Waals surface area contributed by atoms with E-state index in [9.17, 15) is 13.5 Å². The molecule has 0 spiro atoms. The van der Waals surface area contributed by atoms with Gasteiger partial charge in [-0.15, -0.1) is 0 Å². The van der Waals surface area contributed by atoms with E-state index >= 15 is 0 Å². The van der Waals surface area contributed by atoms with Gasteiger partial charge in [0.1, 0.15) is 6.10 Å². The largest absolute Gasteiger partial charge is 0.493 e. The Morgan fingerprint density at radius 1 is 1.12 bits per heavy atom. The van der Waals surface area contributed by atoms with Gasteiger partial charge in [-0.1, -0.05) is 41.9 Å². The lowest BCUT2D eigenvalue weighted by atomic mass is 10.0. The van der Waals surface area contributed by atoms with Crippen molar-refractivity contribution in [2.75, 3.05) is 20.0 Å². The average Bonchev–Trinajstić information content (AvgIpc) is 2.58. The Morgan fingerprint density at radius 2 is 1.80 bits per heavy atom. The second-order valence-electron chi connectivity index (χ2n) is 5.27. The highest BCUT2D eigenvalue weighted by molar-refractivity contribution is 7.86. The molecule has 0 heterocycles. The number of halogens is 1. The Bertz CT molecular complexity index is 794. The molecule has 2 rings (SSSR count). The van der Waals surface area contributed by atoms with Crippen LogP contribution in [0.3, 0.4) is 0 Å². The molecular formula is C17H19ClO6S. The molecule has 25 heavy (non-hydrogen) atoms. The molecule has 136 valence electrons. The highest BCUT2D eigenvalue weighted by Crippen LogP contribution is 2.35. The van der Waals surface area contributed by atoms with Crippen molar-refractivity contribution in [2.24, 2.45) is 0 Å². The van der Waals surface area contributed by atoms with E-state index in [2.05, 4.69) is 0 Å². The Morgan fingerprint density at radius 3 is 2.36 bits per heavy atom. The third-order valence-electron chi connectivity index (χ3n) is 3.32. The lowest BCUT2D eigenvalue weighted by Gasteiger charge is -2.27. The van der Waals surface area contributed by atoms with E-state index in [0.717, 1.165) is 6.26 Å². The highest BCUT2D eigenvalue weighted by atomic mass is 35.5. The maximum atomic E-state index is 11.5. The molecule has 0 saturated carbocycles. The number of aliphatic hydroxyl groups is 1. The van der Waals surface area contributed by atoms with Crippen LogP contribution in [0, 0.1) is 0 Å². The number of hydrogen-bond acceptors (Lipinski definition) is 6. The smallest absolute Gasteiger partial charge is 0.264 e. The van der Waals surface area contributed by atoms with Crippen molar-refractivity contribution in [3.05, 3.63) is 59.1 Å². The van der Waals surface area contributed by atoms with Gasteiger partial charge >= 0.3 is 0 Å². The number of aliphatic hydroxyl groups excluding tert-OH is 1. The highest BCUT2D eigenvalue weighted by Gasteiger charge is 2.29. The monoisotopic (exact) mass is 386 g/mol. The molecule has 0 aliphatic heterocycles. The topological polar surface area (TPSA) is 82.1 Å². The lowest BCUT2D eigenvalue weighted by molar-refractivity contribution is 0.0180. The predicted octanol–water partition coefficient (Wildman–Crippen LogP) is 2.81. The second-order valence-corrected chi connectivity index (χ2v) is 7.30. The van der Waals surface area contributed by atoms with E-state index in [1.807, 2.05) is 6.07 Å². The van der Waals surface area contributed by atoms with E-state index in [0.29, 0.717) is 22.1 Å². The molecule has 1 N–H and O–H groups in total. The standard InChI is InChI=1S/C17H19ClO6S/c1-22-15-10-13(18)8-9-14(15)23-17(12-6-4-3-5-7-12)16(11-19)24-25(2,20)21/h3-10,16-17,19H,11H2,1-2H3/t16-,17-/m1/s1. The summed E-state index contributed by atoms with van der Waals surface area (Å²) in [6, 6.07) is 13.7. The van der Waals surface area contributed by atoms with Gasteiger partial charge in [-0.3, -0.25) is 4.18 Å². The molecule has 0 aliphatic carbocycles. The minimum Gasteiger partial charge on any atom is -0.493 e. The molecule has 2 aromatic carbocycles. The SMILES string of the molecule is COc1cc(Cl)ccc1O[C@H](c1ccccc1)[C@@H](CO)OS(C)(=O)=O. The zero-order chi connectivity index (χ0) is 18.4. The van der Waals surface area contributed by atoms with Crippen LogP contribution in [-0.2, 0) is 14.3 Å². The minimum absolute atomic E-state index is 0.344. The zero-order valence-electron chi connectivity index (χ0n) is 13.8. The molecule has 0 fully saturated rings. The van der Waals surface area contributed by atoms with Crippen LogP contribution in [0.4, 0.5) is 0 Å². The van der Waals surface area contributed by atoms with Crippen LogP contribution in [0.1, 0.15) is 11.7 Å². The normalized spacial score (nSPS) is 13.9. The molecule has 2 aromatic rings. The Hall–Kier alpha value is -1.80. The van der Waals surface area contributed by atoms with Crippen LogP contribution in [0.5, 0.6) is 11.5 Å². The molecule has 0 bridgehead atoms. The summed E-state index contributed by atoms with van der Waals surface area (Å²) >= 11 is 5.95. The Labute approximate surface area is 152 Å². The zero-order valence-corrected chi connectivity index (χ0v) is 15.3. The first-order valence-electron chi connectivity index (χ1n) is 7.38. The van der Waals surface area contributed by atoms with Crippen molar-refractivity contribution in [3.8, 4) is 11.5 Å². The van der Waals surface area contributed by atoms with Crippen LogP contribution in [-0.4, -0.2) is 39.6 Å². The van der Waals surface area contributed by atoms with Gasteiger partial charge < -0.3 is 14.6 Å². The molecule has 0 unspecified atom stereocenters. The Balaban J connectivity index is 2.42. The molecule has 0 radical (unpaired) electrons. The molecule has 0 aliphatic rings. The third kappa shape index (κ3) is 5.61. The van der Waals surface area contributed by atoms with Gasteiger partial charge in [0.2, 0.25) is 0 Å². The fourth-order valence-electron chi connectivity index (χ4n) is 2.28. The van der Waals surface area contributed by atoms with E-state index in [4.69, 9.17) is 25.3 Å². The summed E-state index contributed by atoms with van der Waals surface area (Å²) in [7, 11) is -2.33. The fourth-order valence-corrected chi connectivity index (χ4v) is 3.05. The van der Waals surface area contributed by atoms with Gasteiger partial charge in [-0.2, -0.15) is 8.42 Å². The van der Waals surface area contributed by atoms with Crippen LogP contribution in [0.25, 0.3) is 0 Å². The molecule has 0 saturated heterocycles. The summed E-state index contributed by atoms with van der Waals surface area (Å²) in [6.07, 6.45) is -1.09. The maximum absolute atomic E-state index is 11.5. The van der Waals surface area contributed by atoms with Crippen molar-refractivity contribution in [2.45, 2.75) is 12.2 Å². The number of methoxy groups -OCH3 is 1. The van der Waals surface area contributed by atoms with Crippen molar-refractivity contribution >= 4 is 21.7 Å². The maximum Gasteiger partial charge on any atom is 0.264 e. The van der Waals surface area contributed by atoms with Gasteiger partial charge in [0.05, 0.1) is 20.0 Å². The first-order valence-corrected chi connectivity index (χ1v) is 9.57. The summed E-state index contributed by atoms with van der Waals surface area (Å²) in [6.45, 7) is -0.553. The molecule has 2 atom stereocenters. The summed E-state index contributed by atoms with van der Waals surface area (Å²) in [5.41, 5.74) is 0.641. The average molecular weight is 387 g/mol. The molecule has 6 nitrogen and oxygen atoms in total. The summed E-state index contributed by atoms with van der Waals surface area (Å²) in [5.74, 6) is 0.723. The van der Waals surface area contributed by atoms with Gasteiger partial charge in [-0.25, -0.2) is 0 Å². The van der Waals surface area contributed by atoms with Crippen LogP contribution < -0.4 is 9.47 Å². The molecular weight excluding hydrogens is 368 g/mol. The third-order valence-corrected chi connectivity index (χ3v) is 4.16. The number of rotatable bonds is 8. The van der Waals surface area contributed by atoms with Gasteiger partial charge in [0, 0.05) is 11.1 Å². The summed E-state index contributed by atoms with van der Waals surface area (Å²) in [5, 5.41) is 10.1. The Kier molecular flexibility index (Phi) is 6.66. The quantitative estimate of drug-likeness (QED) is 0.702. The van der Waals surface area contributed by atoms with Gasteiger partial charge in [0.15, 0.2) is 17.6 Å². The van der Waals surface area contributed by atoms with E-state index in [1.165, 1.54) is 7.11 Å². The van der Waals surface area contributed by atoms with Crippen molar-refractivity contribution < 1.29 is 27.2 Å². The van der Waals surface area contributed by atoms with Crippen LogP contribution >= 0.6 is 11.6 Å². The fraction of sp³-hybridized carbons (Fsp3) is 0.294. The second kappa shape index (κ2) is 8.53. The van der Waals surface area contributed by atoms with Crippen LogP contribution in [0.15, 0.2) is 48.5 Å². The van der Waals surface area contributed by atoms with Crippen LogP contribution in [0.2, 0.25) is 5.02 Å². The summed E-state index contributed by atoms with van der Waals surface area (Å²) in [4.78, 5) is 0. The number of benzene rings is 2. The number of ether oxygens (including phenoxy) is 2. The van der Waals surface area contributed by atoms with E-state index in [-0.39, 0.29) is 0 Å². The molecule has 0 aromatic heterocycles. The lowest BCUT2D eigenvalue weighted by Crippen LogP contribution is -2.32. The van der Waals surface area contributed by atoms with Crippen molar-refractivity contribution in [1.29, 1.82) is 0 Å².